The first kappa shape index (κ1) is 17.4. The van der Waals surface area contributed by atoms with E-state index in [2.05, 4.69) is 5.32 Å². The fraction of sp³-hybridized carbons (Fsp3) is 0.125. The zero-order chi connectivity index (χ0) is 18.2. The van der Waals surface area contributed by atoms with E-state index in [0.29, 0.717) is 5.69 Å². The van der Waals surface area contributed by atoms with Crippen molar-refractivity contribution in [3.8, 4) is 0 Å². The molecular weight excluding hydrogens is 371 g/mol. The highest BCUT2D eigenvalue weighted by Crippen LogP contribution is 2.26. The molecule has 1 aliphatic heterocycles. The Balaban J connectivity index is 1.79. The van der Waals surface area contributed by atoms with E-state index < -0.39 is 27.7 Å². The van der Waals surface area contributed by atoms with E-state index in [0.717, 1.165) is 10.4 Å². The summed E-state index contributed by atoms with van der Waals surface area (Å²) in [7, 11) is -3.65. The van der Waals surface area contributed by atoms with Crippen LogP contribution in [0.3, 0.4) is 0 Å². The third-order valence-corrected chi connectivity index (χ3v) is 5.60. The number of rotatable bonds is 3. The van der Waals surface area contributed by atoms with Gasteiger partial charge in [-0.1, -0.05) is 11.6 Å². The Morgan fingerprint density at radius 2 is 1.84 bits per heavy atom. The molecule has 1 aliphatic rings. The third kappa shape index (κ3) is 3.49. The van der Waals surface area contributed by atoms with Gasteiger partial charge in [0.2, 0.25) is 15.9 Å². The van der Waals surface area contributed by atoms with Gasteiger partial charge in [-0.25, -0.2) is 17.1 Å². The fourth-order valence-electron chi connectivity index (χ4n) is 2.39. The van der Waals surface area contributed by atoms with Crippen molar-refractivity contribution in [2.75, 3.05) is 15.4 Å². The second-order valence-corrected chi connectivity index (χ2v) is 7.70. The van der Waals surface area contributed by atoms with E-state index in [1.54, 1.807) is 0 Å². The molecular formula is C16H12ClFN2O4S. The van der Waals surface area contributed by atoms with Crippen molar-refractivity contribution >= 4 is 44.8 Å². The Hall–Kier alpha value is -2.45. The Bertz CT molecular complexity index is 961. The van der Waals surface area contributed by atoms with Crippen LogP contribution in [-0.4, -0.2) is 26.0 Å². The van der Waals surface area contributed by atoms with Crippen molar-refractivity contribution in [1.29, 1.82) is 0 Å². The van der Waals surface area contributed by atoms with Crippen LogP contribution in [0.5, 0.6) is 0 Å². The molecule has 0 unspecified atom stereocenters. The standard InChI is InChI=1S/C16H12ClFN2O4S/c17-13-9-11(3-6-14(13)18)19-16(22)10-1-4-12(5-2-10)20-15(21)7-8-25(20,23)24/h1-6,9H,7-8H2,(H,19,22). The van der Waals surface area contributed by atoms with Crippen molar-refractivity contribution in [3.05, 3.63) is 58.9 Å². The van der Waals surface area contributed by atoms with Gasteiger partial charge in [-0.05, 0) is 42.5 Å². The lowest BCUT2D eigenvalue weighted by atomic mass is 10.2. The molecule has 0 radical (unpaired) electrons. The maximum atomic E-state index is 13.1. The summed E-state index contributed by atoms with van der Waals surface area (Å²) in [5, 5.41) is 2.43. The highest BCUT2D eigenvalue weighted by atomic mass is 35.5. The lowest BCUT2D eigenvalue weighted by molar-refractivity contribution is -0.116. The van der Waals surface area contributed by atoms with E-state index in [-0.39, 0.29) is 28.4 Å². The molecule has 2 aromatic rings. The van der Waals surface area contributed by atoms with Gasteiger partial charge in [0.05, 0.1) is 16.5 Å². The number of halogens is 2. The lowest BCUT2D eigenvalue weighted by Crippen LogP contribution is -2.29. The first-order chi connectivity index (χ1) is 11.8. The largest absolute Gasteiger partial charge is 0.322 e. The van der Waals surface area contributed by atoms with Crippen LogP contribution in [0.1, 0.15) is 16.8 Å². The molecule has 6 nitrogen and oxygen atoms in total. The van der Waals surface area contributed by atoms with Gasteiger partial charge in [0.15, 0.2) is 0 Å². The lowest BCUT2D eigenvalue weighted by Gasteiger charge is -2.15. The predicted molar refractivity (Wildman–Crippen MR) is 91.7 cm³/mol. The normalized spacial score (nSPS) is 16.1. The second kappa shape index (κ2) is 6.45. The molecule has 1 heterocycles. The van der Waals surface area contributed by atoms with Gasteiger partial charge in [-0.2, -0.15) is 0 Å². The summed E-state index contributed by atoms with van der Waals surface area (Å²) in [4.78, 5) is 23.9. The van der Waals surface area contributed by atoms with Crippen LogP contribution in [0.4, 0.5) is 15.8 Å². The number of hydrogen-bond donors (Lipinski definition) is 1. The van der Waals surface area contributed by atoms with Crippen LogP contribution in [-0.2, 0) is 14.8 Å². The summed E-state index contributed by atoms with van der Waals surface area (Å²) < 4.78 is 37.6. The smallest absolute Gasteiger partial charge is 0.255 e. The quantitative estimate of drug-likeness (QED) is 0.884. The van der Waals surface area contributed by atoms with E-state index in [4.69, 9.17) is 11.6 Å². The van der Waals surface area contributed by atoms with Crippen molar-refractivity contribution < 1.29 is 22.4 Å². The summed E-state index contributed by atoms with van der Waals surface area (Å²) in [6.07, 6.45) is -0.0596. The van der Waals surface area contributed by atoms with E-state index in [1.807, 2.05) is 0 Å². The summed E-state index contributed by atoms with van der Waals surface area (Å²) in [6.45, 7) is 0. The van der Waals surface area contributed by atoms with E-state index >= 15 is 0 Å². The number of anilines is 2. The predicted octanol–water partition coefficient (Wildman–Crippen LogP) is 2.80. The van der Waals surface area contributed by atoms with Crippen LogP contribution in [0.2, 0.25) is 5.02 Å². The zero-order valence-electron chi connectivity index (χ0n) is 12.7. The number of sulfonamides is 1. The van der Waals surface area contributed by atoms with Gasteiger partial charge in [0.25, 0.3) is 5.91 Å². The number of carbonyl (C=O) groups is 2. The molecule has 1 N–H and O–H groups in total. The average Bonchev–Trinajstić information content (AvgIpc) is 2.84. The van der Waals surface area contributed by atoms with Gasteiger partial charge in [-0.15, -0.1) is 0 Å². The molecule has 3 rings (SSSR count). The third-order valence-electron chi connectivity index (χ3n) is 3.62. The number of hydrogen-bond acceptors (Lipinski definition) is 4. The van der Waals surface area contributed by atoms with Gasteiger partial charge in [0, 0.05) is 17.7 Å². The van der Waals surface area contributed by atoms with Crippen LogP contribution in [0.25, 0.3) is 0 Å². The number of amides is 2. The minimum absolute atomic E-state index is 0.0596. The first-order valence-corrected chi connectivity index (χ1v) is 9.19. The summed E-state index contributed by atoms with van der Waals surface area (Å²) >= 11 is 5.66. The average molecular weight is 383 g/mol. The Morgan fingerprint density at radius 1 is 1.16 bits per heavy atom. The maximum Gasteiger partial charge on any atom is 0.255 e. The van der Waals surface area contributed by atoms with Gasteiger partial charge in [0.1, 0.15) is 5.82 Å². The minimum Gasteiger partial charge on any atom is -0.322 e. The number of nitrogens with one attached hydrogen (secondary N) is 1. The van der Waals surface area contributed by atoms with Gasteiger partial charge in [-0.3, -0.25) is 9.59 Å². The molecule has 0 atom stereocenters. The highest BCUT2D eigenvalue weighted by Gasteiger charge is 2.36. The molecule has 0 spiro atoms. The molecule has 25 heavy (non-hydrogen) atoms. The molecule has 0 aromatic heterocycles. The van der Waals surface area contributed by atoms with Crippen molar-refractivity contribution in [3.63, 3.8) is 0 Å². The molecule has 130 valence electrons. The van der Waals surface area contributed by atoms with Crippen LogP contribution in [0, 0.1) is 5.82 Å². The van der Waals surface area contributed by atoms with Crippen molar-refractivity contribution in [2.45, 2.75) is 6.42 Å². The summed E-state index contributed by atoms with van der Waals surface area (Å²) in [5.41, 5.74) is 0.745. The van der Waals surface area contributed by atoms with Crippen LogP contribution >= 0.6 is 11.6 Å². The topological polar surface area (TPSA) is 83.6 Å². The number of carbonyl (C=O) groups excluding carboxylic acids is 2. The van der Waals surface area contributed by atoms with Crippen molar-refractivity contribution in [2.24, 2.45) is 0 Å². The van der Waals surface area contributed by atoms with E-state index in [1.165, 1.54) is 36.4 Å². The minimum atomic E-state index is -3.65. The maximum absolute atomic E-state index is 13.1. The molecule has 0 bridgehead atoms. The Labute approximate surface area is 148 Å². The molecule has 2 amide bonds. The number of benzene rings is 2. The molecule has 0 saturated carbocycles. The molecule has 9 heteroatoms. The number of nitrogens with zero attached hydrogens (tertiary/aromatic N) is 1. The monoisotopic (exact) mass is 382 g/mol. The Morgan fingerprint density at radius 3 is 2.40 bits per heavy atom. The fourth-order valence-corrected chi connectivity index (χ4v) is 4.03. The van der Waals surface area contributed by atoms with Crippen LogP contribution in [0.15, 0.2) is 42.5 Å². The summed E-state index contributed by atoms with van der Waals surface area (Å²) in [5.74, 6) is -1.80. The van der Waals surface area contributed by atoms with E-state index in [9.17, 15) is 22.4 Å². The first-order valence-electron chi connectivity index (χ1n) is 7.20. The van der Waals surface area contributed by atoms with Crippen LogP contribution < -0.4 is 9.62 Å². The molecule has 0 aliphatic carbocycles. The summed E-state index contributed by atoms with van der Waals surface area (Å²) in [6, 6.07) is 9.33. The molecule has 2 aromatic carbocycles. The Kier molecular flexibility index (Phi) is 4.49. The molecule has 1 saturated heterocycles. The van der Waals surface area contributed by atoms with Crippen molar-refractivity contribution in [1.82, 2.24) is 0 Å². The zero-order valence-corrected chi connectivity index (χ0v) is 14.3. The molecule has 1 fully saturated rings. The van der Waals surface area contributed by atoms with Gasteiger partial charge < -0.3 is 5.32 Å². The second-order valence-electron chi connectivity index (χ2n) is 5.35. The highest BCUT2D eigenvalue weighted by molar-refractivity contribution is 7.94. The SMILES string of the molecule is O=C(Nc1ccc(F)c(Cl)c1)c1ccc(N2C(=O)CCS2(=O)=O)cc1. The van der Waals surface area contributed by atoms with Gasteiger partial charge >= 0.3 is 0 Å².